The van der Waals surface area contributed by atoms with Crippen molar-refractivity contribution in [2.75, 3.05) is 0 Å². The van der Waals surface area contributed by atoms with Crippen molar-refractivity contribution in [3.63, 3.8) is 0 Å². The molecule has 0 saturated heterocycles. The molecule has 25 heavy (non-hydrogen) atoms. The number of hydrogen-bond acceptors (Lipinski definition) is 4. The second kappa shape index (κ2) is 12.0. The van der Waals surface area contributed by atoms with Crippen molar-refractivity contribution < 1.29 is 25.2 Å². The first-order chi connectivity index (χ1) is 12.0. The van der Waals surface area contributed by atoms with E-state index >= 15 is 0 Å². The van der Waals surface area contributed by atoms with Crippen LogP contribution >= 0.6 is 0 Å². The highest BCUT2D eigenvalue weighted by Gasteiger charge is 2.39. The molecule has 0 unspecified atom stereocenters. The van der Waals surface area contributed by atoms with Crippen LogP contribution in [-0.4, -0.2) is 44.7 Å². The van der Waals surface area contributed by atoms with Gasteiger partial charge in [0.1, 0.15) is 0 Å². The maximum absolute atomic E-state index is 10.5. The van der Waals surface area contributed by atoms with Gasteiger partial charge in [-0.15, -0.1) is 0 Å². The molecule has 0 bridgehead atoms. The summed E-state index contributed by atoms with van der Waals surface area (Å²) in [6.45, 7) is 2.04. The van der Waals surface area contributed by atoms with E-state index < -0.39 is 24.3 Å². The normalized spacial score (nSPS) is 28.5. The van der Waals surface area contributed by atoms with Crippen LogP contribution < -0.4 is 0 Å². The molecule has 0 spiro atoms. The van der Waals surface area contributed by atoms with E-state index in [1.165, 1.54) is 0 Å². The van der Waals surface area contributed by atoms with E-state index in [0.717, 1.165) is 6.42 Å². The van der Waals surface area contributed by atoms with Crippen LogP contribution in [0.15, 0.2) is 36.5 Å². The minimum atomic E-state index is -0.791. The summed E-state index contributed by atoms with van der Waals surface area (Å²) in [6.07, 6.45) is 13.5. The minimum Gasteiger partial charge on any atom is -0.481 e. The molecule has 0 amide bonds. The van der Waals surface area contributed by atoms with Gasteiger partial charge in [-0.3, -0.25) is 4.79 Å². The number of carboxylic acid groups (broad SMARTS) is 1. The average molecular weight is 352 g/mol. The molecule has 5 heteroatoms. The molecule has 1 aliphatic carbocycles. The average Bonchev–Trinajstić information content (AvgIpc) is 2.82. The first-order valence-electron chi connectivity index (χ1n) is 9.20. The smallest absolute Gasteiger partial charge is 0.303 e. The highest BCUT2D eigenvalue weighted by atomic mass is 16.4. The van der Waals surface area contributed by atoms with Crippen LogP contribution in [0.1, 0.15) is 51.9 Å². The van der Waals surface area contributed by atoms with Gasteiger partial charge in [0.05, 0.1) is 18.3 Å². The van der Waals surface area contributed by atoms with Gasteiger partial charge in [-0.1, -0.05) is 43.4 Å². The molecule has 0 aromatic rings. The lowest BCUT2D eigenvalue weighted by Gasteiger charge is -2.19. The van der Waals surface area contributed by atoms with Crippen molar-refractivity contribution >= 4 is 5.97 Å². The van der Waals surface area contributed by atoms with Gasteiger partial charge in [0.15, 0.2) is 0 Å². The van der Waals surface area contributed by atoms with Gasteiger partial charge in [0, 0.05) is 18.8 Å². The van der Waals surface area contributed by atoms with Crippen LogP contribution in [0.5, 0.6) is 0 Å². The Balaban J connectivity index is 2.50. The van der Waals surface area contributed by atoms with Gasteiger partial charge in [0.25, 0.3) is 0 Å². The lowest BCUT2D eigenvalue weighted by molar-refractivity contribution is -0.137. The van der Waals surface area contributed by atoms with E-state index in [0.29, 0.717) is 32.1 Å². The first-order valence-corrected chi connectivity index (χ1v) is 9.20. The Kier molecular flexibility index (Phi) is 10.4. The topological polar surface area (TPSA) is 98.0 Å². The second-order valence-corrected chi connectivity index (χ2v) is 6.67. The van der Waals surface area contributed by atoms with Crippen molar-refractivity contribution in [3.05, 3.63) is 36.5 Å². The fraction of sp³-hybridized carbons (Fsp3) is 0.650. The SMILES string of the molecule is CCC=CC[C@H](O)/C=C/[C@@H]1[C@@H](CC=CCCCC(=O)O)[C@@H](O)C[C@H]1O. The molecule has 5 nitrogen and oxygen atoms in total. The molecule has 0 aromatic heterocycles. The number of rotatable bonds is 11. The lowest BCUT2D eigenvalue weighted by atomic mass is 9.89. The molecule has 142 valence electrons. The van der Waals surface area contributed by atoms with E-state index in [4.69, 9.17) is 5.11 Å². The molecule has 5 atom stereocenters. The Morgan fingerprint density at radius 3 is 2.60 bits per heavy atom. The van der Waals surface area contributed by atoms with E-state index in [1.54, 1.807) is 6.08 Å². The number of hydrogen-bond donors (Lipinski definition) is 4. The van der Waals surface area contributed by atoms with Crippen LogP contribution in [0, 0.1) is 11.8 Å². The van der Waals surface area contributed by atoms with Crippen LogP contribution in [0.2, 0.25) is 0 Å². The predicted octanol–water partition coefficient (Wildman–Crippen LogP) is 2.82. The number of allylic oxidation sites excluding steroid dienone is 3. The molecule has 0 aliphatic heterocycles. The van der Waals surface area contributed by atoms with Crippen LogP contribution in [0.4, 0.5) is 0 Å². The Morgan fingerprint density at radius 2 is 1.92 bits per heavy atom. The van der Waals surface area contributed by atoms with Crippen molar-refractivity contribution in [2.24, 2.45) is 11.8 Å². The molecular weight excluding hydrogens is 320 g/mol. The number of aliphatic hydroxyl groups is 3. The Labute approximate surface area is 150 Å². The zero-order valence-corrected chi connectivity index (χ0v) is 15.0. The Hall–Kier alpha value is -1.43. The van der Waals surface area contributed by atoms with Crippen molar-refractivity contribution in [1.82, 2.24) is 0 Å². The fourth-order valence-corrected chi connectivity index (χ4v) is 3.19. The Bertz CT molecular complexity index is 469. The third-order valence-corrected chi connectivity index (χ3v) is 4.59. The quantitative estimate of drug-likeness (QED) is 0.339. The van der Waals surface area contributed by atoms with Gasteiger partial charge in [0.2, 0.25) is 0 Å². The summed E-state index contributed by atoms with van der Waals surface area (Å²) in [7, 11) is 0. The number of aliphatic carboxylic acids is 1. The lowest BCUT2D eigenvalue weighted by Crippen LogP contribution is -2.20. The third kappa shape index (κ3) is 8.47. The van der Waals surface area contributed by atoms with Gasteiger partial charge in [-0.05, 0) is 38.0 Å². The Morgan fingerprint density at radius 1 is 1.16 bits per heavy atom. The minimum absolute atomic E-state index is 0.0830. The molecule has 0 heterocycles. The molecule has 4 N–H and O–H groups in total. The summed E-state index contributed by atoms with van der Waals surface area (Å²) in [5.41, 5.74) is 0. The number of carbonyl (C=O) groups is 1. The van der Waals surface area contributed by atoms with Crippen LogP contribution in [-0.2, 0) is 4.79 Å². The molecule has 1 aliphatic rings. The van der Waals surface area contributed by atoms with Crippen molar-refractivity contribution in [3.8, 4) is 0 Å². The van der Waals surface area contributed by atoms with Crippen LogP contribution in [0.25, 0.3) is 0 Å². The molecule has 1 saturated carbocycles. The maximum atomic E-state index is 10.5. The van der Waals surface area contributed by atoms with Crippen molar-refractivity contribution in [2.45, 2.75) is 70.2 Å². The van der Waals surface area contributed by atoms with E-state index in [-0.39, 0.29) is 18.3 Å². The second-order valence-electron chi connectivity index (χ2n) is 6.67. The third-order valence-electron chi connectivity index (χ3n) is 4.59. The number of aliphatic hydroxyl groups excluding tert-OH is 3. The molecule has 1 fully saturated rings. The summed E-state index contributed by atoms with van der Waals surface area (Å²) >= 11 is 0. The highest BCUT2D eigenvalue weighted by Crippen LogP contribution is 2.36. The summed E-state index contributed by atoms with van der Waals surface area (Å²) in [5, 5.41) is 38.9. The maximum Gasteiger partial charge on any atom is 0.303 e. The largest absolute Gasteiger partial charge is 0.481 e. The van der Waals surface area contributed by atoms with E-state index in [2.05, 4.69) is 0 Å². The summed E-state index contributed by atoms with van der Waals surface area (Å²) in [5.74, 6) is -1.05. The number of unbranched alkanes of at least 4 members (excludes halogenated alkanes) is 1. The van der Waals surface area contributed by atoms with Gasteiger partial charge in [-0.2, -0.15) is 0 Å². The standard InChI is InChI=1S/C20H32O5/c1-2-3-6-9-15(21)12-13-17-16(18(22)14-19(17)23)10-7-4-5-8-11-20(24)25/h3-4,6-7,12-13,15-19,21-23H,2,5,8-11,14H2,1H3,(H,24,25)/b6-3?,7-4?,13-12+/t15-,16+,17+,18-,19+/m0/s1. The molecule has 0 radical (unpaired) electrons. The summed E-state index contributed by atoms with van der Waals surface area (Å²) in [4.78, 5) is 10.5. The monoisotopic (exact) mass is 352 g/mol. The van der Waals surface area contributed by atoms with Gasteiger partial charge < -0.3 is 20.4 Å². The zero-order chi connectivity index (χ0) is 18.7. The summed E-state index contributed by atoms with van der Waals surface area (Å²) in [6, 6.07) is 0. The molecule has 1 rings (SSSR count). The van der Waals surface area contributed by atoms with E-state index in [9.17, 15) is 20.1 Å². The highest BCUT2D eigenvalue weighted by molar-refractivity contribution is 5.66. The number of carboxylic acids is 1. The van der Waals surface area contributed by atoms with Crippen molar-refractivity contribution in [1.29, 1.82) is 0 Å². The van der Waals surface area contributed by atoms with E-state index in [1.807, 2.05) is 37.3 Å². The first kappa shape index (κ1) is 21.6. The van der Waals surface area contributed by atoms with Gasteiger partial charge >= 0.3 is 5.97 Å². The zero-order valence-electron chi connectivity index (χ0n) is 15.0. The van der Waals surface area contributed by atoms with Crippen LogP contribution in [0.3, 0.4) is 0 Å². The molecule has 0 aromatic carbocycles. The van der Waals surface area contributed by atoms with Gasteiger partial charge in [-0.25, -0.2) is 0 Å². The summed E-state index contributed by atoms with van der Waals surface area (Å²) < 4.78 is 0. The predicted molar refractivity (Wildman–Crippen MR) is 98.0 cm³/mol. The molecular formula is C20H32O5. The fourth-order valence-electron chi connectivity index (χ4n) is 3.19.